The van der Waals surface area contributed by atoms with Crippen molar-refractivity contribution in [3.05, 3.63) is 0 Å². The van der Waals surface area contributed by atoms with Crippen molar-refractivity contribution in [1.82, 2.24) is 0 Å². The van der Waals surface area contributed by atoms with Crippen molar-refractivity contribution < 1.29 is 34.8 Å². The molecule has 0 saturated heterocycles. The predicted molar refractivity (Wildman–Crippen MR) is 171 cm³/mol. The van der Waals surface area contributed by atoms with Crippen LogP contribution in [0.5, 0.6) is 0 Å². The maximum Gasteiger partial charge on any atom is 0.306 e. The van der Waals surface area contributed by atoms with E-state index >= 15 is 0 Å². The van der Waals surface area contributed by atoms with E-state index in [1.807, 2.05) is 0 Å². The maximum atomic E-state index is 12.5. The van der Waals surface area contributed by atoms with Gasteiger partial charge in [0.25, 0.3) is 0 Å². The van der Waals surface area contributed by atoms with E-state index in [0.29, 0.717) is 0 Å². The summed E-state index contributed by atoms with van der Waals surface area (Å²) < 4.78 is 5.13. The summed E-state index contributed by atoms with van der Waals surface area (Å²) in [5, 5.41) is 37.9. The van der Waals surface area contributed by atoms with Gasteiger partial charge < -0.3 is 25.2 Å². The molecule has 250 valence electrons. The third kappa shape index (κ3) is 24.4. The summed E-state index contributed by atoms with van der Waals surface area (Å²) in [7, 11) is 0. The third-order valence-corrected chi connectivity index (χ3v) is 8.50. The van der Waals surface area contributed by atoms with Crippen LogP contribution >= 0.6 is 0 Å². The van der Waals surface area contributed by atoms with E-state index in [-0.39, 0.29) is 12.3 Å². The first-order valence-electron chi connectivity index (χ1n) is 17.7. The lowest BCUT2D eigenvalue weighted by atomic mass is 9.91. The van der Waals surface area contributed by atoms with Crippen molar-refractivity contribution in [1.29, 1.82) is 0 Å². The van der Waals surface area contributed by atoms with Crippen LogP contribution in [0.1, 0.15) is 174 Å². The number of ether oxygens (including phenoxy) is 1. The van der Waals surface area contributed by atoms with Crippen LogP contribution in [0.2, 0.25) is 0 Å². The van der Waals surface area contributed by atoms with Gasteiger partial charge in [0.2, 0.25) is 5.78 Å². The first kappa shape index (κ1) is 41.0. The summed E-state index contributed by atoms with van der Waals surface area (Å²) in [6.45, 7) is 3.06. The standard InChI is InChI=1S/C35H68O7/c1-3-5-7-9-11-13-15-16-18-20-22-24-26-30(25-23-21-19-17-14-12-10-8-6-4-2)27-33(39)42-29-32(38)35(41)34(40)31(37)28-36/h30-31,34-37,40-41H,3-29H2,1-2H3/t30?,31-,34+,35+/m1/s1. The van der Waals surface area contributed by atoms with Gasteiger partial charge in [0, 0.05) is 6.42 Å². The molecule has 42 heavy (non-hydrogen) atoms. The largest absolute Gasteiger partial charge is 0.458 e. The molecule has 0 aliphatic carbocycles. The molecule has 0 aromatic carbocycles. The molecular formula is C35H68O7. The van der Waals surface area contributed by atoms with Crippen LogP contribution in [0.25, 0.3) is 0 Å². The summed E-state index contributed by atoms with van der Waals surface area (Å²) in [4.78, 5) is 24.6. The van der Waals surface area contributed by atoms with Gasteiger partial charge in [0.1, 0.15) is 18.3 Å². The number of rotatable bonds is 32. The van der Waals surface area contributed by atoms with E-state index in [4.69, 9.17) is 9.84 Å². The van der Waals surface area contributed by atoms with Gasteiger partial charge in [-0.05, 0) is 18.8 Å². The van der Waals surface area contributed by atoms with Crippen LogP contribution in [0.4, 0.5) is 0 Å². The average molecular weight is 601 g/mol. The van der Waals surface area contributed by atoms with E-state index in [2.05, 4.69) is 13.8 Å². The highest BCUT2D eigenvalue weighted by atomic mass is 16.5. The molecule has 0 spiro atoms. The Labute approximate surface area is 258 Å². The SMILES string of the molecule is CCCCCCCCCCCCCCC(CCCCCCCCCCCC)CC(=O)OCC(=O)[C@H](O)[C@@H](O)[C@H](O)CO. The van der Waals surface area contributed by atoms with Gasteiger partial charge in [-0.3, -0.25) is 9.59 Å². The molecule has 0 radical (unpaired) electrons. The number of carbonyl (C=O) groups excluding carboxylic acids is 2. The molecule has 0 rings (SSSR count). The van der Waals surface area contributed by atoms with Gasteiger partial charge >= 0.3 is 5.97 Å². The average Bonchev–Trinajstić information content (AvgIpc) is 2.99. The molecule has 0 heterocycles. The summed E-state index contributed by atoms with van der Waals surface area (Å²) in [5.41, 5.74) is 0. The van der Waals surface area contributed by atoms with Crippen molar-refractivity contribution in [2.24, 2.45) is 5.92 Å². The van der Waals surface area contributed by atoms with Crippen molar-refractivity contribution >= 4 is 11.8 Å². The lowest BCUT2D eigenvalue weighted by Crippen LogP contribution is -2.45. The third-order valence-electron chi connectivity index (χ3n) is 8.50. The molecule has 0 saturated carbocycles. The molecule has 0 aliphatic rings. The van der Waals surface area contributed by atoms with Gasteiger partial charge in [0.15, 0.2) is 6.61 Å². The summed E-state index contributed by atoms with van der Waals surface area (Å²) >= 11 is 0. The van der Waals surface area contributed by atoms with Crippen LogP contribution in [0, 0.1) is 5.92 Å². The number of esters is 1. The van der Waals surface area contributed by atoms with Gasteiger partial charge in [-0.2, -0.15) is 0 Å². The van der Waals surface area contributed by atoms with Gasteiger partial charge in [0.05, 0.1) is 6.61 Å². The van der Waals surface area contributed by atoms with Crippen molar-refractivity contribution in [3.63, 3.8) is 0 Å². The van der Waals surface area contributed by atoms with Crippen LogP contribution in [0.3, 0.4) is 0 Å². The topological polar surface area (TPSA) is 124 Å². The van der Waals surface area contributed by atoms with Crippen LogP contribution in [-0.2, 0) is 14.3 Å². The highest BCUT2D eigenvalue weighted by Crippen LogP contribution is 2.23. The minimum atomic E-state index is -1.91. The fraction of sp³-hybridized carbons (Fsp3) is 0.943. The van der Waals surface area contributed by atoms with Crippen LogP contribution < -0.4 is 0 Å². The molecule has 7 nitrogen and oxygen atoms in total. The number of aliphatic hydroxyl groups excluding tert-OH is 4. The molecule has 0 bridgehead atoms. The summed E-state index contributed by atoms with van der Waals surface area (Å²) in [5.74, 6) is -1.14. The number of hydrogen-bond donors (Lipinski definition) is 4. The van der Waals surface area contributed by atoms with Gasteiger partial charge in [-0.15, -0.1) is 0 Å². The van der Waals surface area contributed by atoms with E-state index in [9.17, 15) is 24.9 Å². The summed E-state index contributed by atoms with van der Waals surface area (Å²) in [6, 6.07) is 0. The molecule has 1 unspecified atom stereocenters. The molecule has 0 aromatic heterocycles. The fourth-order valence-corrected chi connectivity index (χ4v) is 5.58. The maximum absolute atomic E-state index is 12.5. The Balaban J connectivity index is 4.36. The zero-order chi connectivity index (χ0) is 31.3. The zero-order valence-electron chi connectivity index (χ0n) is 27.4. The van der Waals surface area contributed by atoms with E-state index < -0.39 is 43.3 Å². The van der Waals surface area contributed by atoms with Crippen molar-refractivity contribution in [3.8, 4) is 0 Å². The Morgan fingerprint density at radius 3 is 1.29 bits per heavy atom. The van der Waals surface area contributed by atoms with Crippen LogP contribution in [-0.4, -0.2) is 63.7 Å². The zero-order valence-corrected chi connectivity index (χ0v) is 27.4. The Bertz CT molecular complexity index is 612. The van der Waals surface area contributed by atoms with E-state index in [1.54, 1.807) is 0 Å². The predicted octanol–water partition coefficient (Wildman–Crippen LogP) is 7.58. The second kappa shape index (κ2) is 30.0. The Hall–Kier alpha value is -1.02. The highest BCUT2D eigenvalue weighted by molar-refractivity contribution is 5.86. The molecule has 0 aromatic rings. The minimum absolute atomic E-state index is 0.219. The monoisotopic (exact) mass is 600 g/mol. The van der Waals surface area contributed by atoms with E-state index in [1.165, 1.54) is 128 Å². The number of ketones is 1. The number of unbranched alkanes of at least 4 members (excludes halogenated alkanes) is 20. The van der Waals surface area contributed by atoms with E-state index in [0.717, 1.165) is 25.7 Å². The number of aliphatic hydroxyl groups is 4. The van der Waals surface area contributed by atoms with Gasteiger partial charge in [-0.1, -0.05) is 155 Å². The smallest absolute Gasteiger partial charge is 0.306 e. The number of Topliss-reactive ketones (excluding diaryl/α,β-unsaturated/α-hetero) is 1. The second-order valence-electron chi connectivity index (χ2n) is 12.5. The molecular weight excluding hydrogens is 532 g/mol. The Morgan fingerprint density at radius 1 is 0.571 bits per heavy atom. The first-order chi connectivity index (χ1) is 20.4. The molecule has 7 heteroatoms. The van der Waals surface area contributed by atoms with Crippen molar-refractivity contribution in [2.75, 3.05) is 13.2 Å². The lowest BCUT2D eigenvalue weighted by molar-refractivity contribution is -0.155. The van der Waals surface area contributed by atoms with Crippen LogP contribution in [0.15, 0.2) is 0 Å². The second-order valence-corrected chi connectivity index (χ2v) is 12.5. The highest BCUT2D eigenvalue weighted by Gasteiger charge is 2.30. The molecule has 0 aliphatic heterocycles. The first-order valence-corrected chi connectivity index (χ1v) is 17.7. The molecule has 4 atom stereocenters. The molecule has 0 amide bonds. The Kier molecular flexibility index (Phi) is 29.3. The number of hydrogen-bond acceptors (Lipinski definition) is 7. The molecule has 0 fully saturated rings. The quantitative estimate of drug-likeness (QED) is 0.0463. The molecule has 4 N–H and O–H groups in total. The minimum Gasteiger partial charge on any atom is -0.458 e. The Morgan fingerprint density at radius 2 is 0.929 bits per heavy atom. The summed E-state index contributed by atoms with van der Waals surface area (Å²) in [6.07, 6.45) is 25.1. The fourth-order valence-electron chi connectivity index (χ4n) is 5.58. The lowest BCUT2D eigenvalue weighted by Gasteiger charge is -2.20. The number of carbonyl (C=O) groups is 2. The van der Waals surface area contributed by atoms with Gasteiger partial charge in [-0.25, -0.2) is 0 Å². The van der Waals surface area contributed by atoms with Crippen molar-refractivity contribution in [2.45, 2.75) is 193 Å². The normalized spacial score (nSPS) is 14.4.